The highest BCUT2D eigenvalue weighted by atomic mass is 127. The Morgan fingerprint density at radius 3 is 2.54 bits per heavy atom. The number of nitrogens with zero attached hydrogens (tertiary/aromatic N) is 1. The molecule has 1 aliphatic carbocycles. The zero-order chi connectivity index (χ0) is 19.5. The van der Waals surface area contributed by atoms with Gasteiger partial charge in [0.2, 0.25) is 0 Å². The van der Waals surface area contributed by atoms with E-state index in [9.17, 15) is 0 Å². The van der Waals surface area contributed by atoms with Crippen molar-refractivity contribution in [3.05, 3.63) is 29.8 Å². The van der Waals surface area contributed by atoms with Crippen molar-refractivity contribution in [2.45, 2.75) is 51.9 Å². The Hall–Kier alpha value is -1.02. The van der Waals surface area contributed by atoms with E-state index in [0.717, 1.165) is 44.4 Å². The van der Waals surface area contributed by atoms with Crippen LogP contribution >= 0.6 is 24.0 Å². The van der Waals surface area contributed by atoms with E-state index in [2.05, 4.69) is 36.6 Å². The first-order valence-corrected chi connectivity index (χ1v) is 10.3. The summed E-state index contributed by atoms with van der Waals surface area (Å²) in [5.74, 6) is 2.18. The summed E-state index contributed by atoms with van der Waals surface area (Å²) in [4.78, 5) is 4.94. The van der Waals surface area contributed by atoms with Gasteiger partial charge in [0.25, 0.3) is 0 Å². The molecule has 6 heteroatoms. The molecule has 1 unspecified atom stereocenters. The highest BCUT2D eigenvalue weighted by molar-refractivity contribution is 14.0. The predicted octanol–water partition coefficient (Wildman–Crippen LogP) is 4.57. The maximum Gasteiger partial charge on any atom is 0.191 e. The van der Waals surface area contributed by atoms with Gasteiger partial charge in [-0.3, -0.25) is 4.99 Å². The minimum atomic E-state index is 0. The van der Waals surface area contributed by atoms with Crippen molar-refractivity contribution in [1.82, 2.24) is 10.6 Å². The number of hydrogen-bond donors (Lipinski definition) is 2. The molecule has 1 aliphatic rings. The SMILES string of the molecule is CCNC(=NCC1(CCOC)CCCC1)NCC(C)c1ccccc1OC.I. The smallest absolute Gasteiger partial charge is 0.191 e. The van der Waals surface area contributed by atoms with Crippen LogP contribution in [-0.2, 0) is 4.74 Å². The lowest BCUT2D eigenvalue weighted by molar-refractivity contribution is 0.141. The molecule has 0 spiro atoms. The highest BCUT2D eigenvalue weighted by Gasteiger charge is 2.33. The van der Waals surface area contributed by atoms with Gasteiger partial charge in [0.05, 0.1) is 7.11 Å². The monoisotopic (exact) mass is 503 g/mol. The molecule has 1 aromatic rings. The van der Waals surface area contributed by atoms with Crippen molar-refractivity contribution in [2.24, 2.45) is 10.4 Å². The highest BCUT2D eigenvalue weighted by Crippen LogP contribution is 2.41. The summed E-state index contributed by atoms with van der Waals surface area (Å²) >= 11 is 0. The predicted molar refractivity (Wildman–Crippen MR) is 128 cm³/mol. The molecule has 5 nitrogen and oxygen atoms in total. The molecule has 1 fully saturated rings. The average Bonchev–Trinajstić information content (AvgIpc) is 3.17. The summed E-state index contributed by atoms with van der Waals surface area (Å²) in [7, 11) is 3.52. The number of aliphatic imine (C=N–C) groups is 1. The van der Waals surface area contributed by atoms with Crippen molar-refractivity contribution >= 4 is 29.9 Å². The summed E-state index contributed by atoms with van der Waals surface area (Å²) in [6.07, 6.45) is 6.25. The molecule has 28 heavy (non-hydrogen) atoms. The third-order valence-corrected chi connectivity index (χ3v) is 5.66. The molecule has 0 saturated heterocycles. The van der Waals surface area contributed by atoms with Gasteiger partial charge in [-0.1, -0.05) is 38.0 Å². The molecular formula is C22H38IN3O2. The second-order valence-electron chi connectivity index (χ2n) is 7.67. The van der Waals surface area contributed by atoms with E-state index in [0.29, 0.717) is 11.3 Å². The minimum Gasteiger partial charge on any atom is -0.496 e. The van der Waals surface area contributed by atoms with Gasteiger partial charge in [0.1, 0.15) is 5.75 Å². The number of para-hydroxylation sites is 1. The molecule has 160 valence electrons. The van der Waals surface area contributed by atoms with Gasteiger partial charge >= 0.3 is 0 Å². The van der Waals surface area contributed by atoms with Crippen LogP contribution in [0.2, 0.25) is 0 Å². The Morgan fingerprint density at radius 1 is 1.18 bits per heavy atom. The summed E-state index contributed by atoms with van der Waals surface area (Å²) in [5, 5.41) is 6.91. The largest absolute Gasteiger partial charge is 0.496 e. The maximum absolute atomic E-state index is 5.50. The lowest BCUT2D eigenvalue weighted by Gasteiger charge is -2.27. The van der Waals surface area contributed by atoms with Crippen molar-refractivity contribution in [3.63, 3.8) is 0 Å². The standard InChI is InChI=1S/C22H37N3O2.HI/c1-5-23-21(25-17-22(14-15-26-3)12-8-9-13-22)24-16-18(2)19-10-6-7-11-20(19)27-4;/h6-7,10-11,18H,5,8-9,12-17H2,1-4H3,(H2,23,24,25);1H. The van der Waals surface area contributed by atoms with Gasteiger partial charge in [0, 0.05) is 39.3 Å². The van der Waals surface area contributed by atoms with E-state index in [-0.39, 0.29) is 24.0 Å². The molecule has 0 aromatic heterocycles. The Labute approximate surface area is 188 Å². The molecule has 1 saturated carbocycles. The first-order chi connectivity index (χ1) is 13.1. The first-order valence-electron chi connectivity index (χ1n) is 10.3. The van der Waals surface area contributed by atoms with Crippen molar-refractivity contribution in [3.8, 4) is 5.75 Å². The lowest BCUT2D eigenvalue weighted by atomic mass is 9.83. The summed E-state index contributed by atoms with van der Waals surface area (Å²) in [5.41, 5.74) is 1.53. The average molecular weight is 503 g/mol. The van der Waals surface area contributed by atoms with Gasteiger partial charge in [-0.2, -0.15) is 0 Å². The fourth-order valence-corrected chi connectivity index (χ4v) is 3.95. The number of guanidine groups is 1. The molecule has 2 rings (SSSR count). The van der Waals surface area contributed by atoms with Gasteiger partial charge in [-0.05, 0) is 43.2 Å². The van der Waals surface area contributed by atoms with E-state index in [1.165, 1.54) is 31.2 Å². The molecule has 1 atom stereocenters. The van der Waals surface area contributed by atoms with Crippen molar-refractivity contribution in [2.75, 3.05) is 40.5 Å². The normalized spacial score (nSPS) is 16.9. The summed E-state index contributed by atoms with van der Waals surface area (Å²) in [6, 6.07) is 8.22. The van der Waals surface area contributed by atoms with Gasteiger partial charge < -0.3 is 20.1 Å². The Bertz CT molecular complexity index is 589. The van der Waals surface area contributed by atoms with Gasteiger partial charge in [0.15, 0.2) is 5.96 Å². The molecule has 2 N–H and O–H groups in total. The number of hydrogen-bond acceptors (Lipinski definition) is 3. The molecule has 0 aliphatic heterocycles. The Morgan fingerprint density at radius 2 is 1.89 bits per heavy atom. The Balaban J connectivity index is 0.00000392. The van der Waals surface area contributed by atoms with E-state index in [1.54, 1.807) is 14.2 Å². The number of nitrogens with one attached hydrogen (secondary N) is 2. The molecule has 0 bridgehead atoms. The molecular weight excluding hydrogens is 465 g/mol. The van der Waals surface area contributed by atoms with Crippen LogP contribution in [0.1, 0.15) is 57.4 Å². The quantitative estimate of drug-likeness (QED) is 0.279. The van der Waals surface area contributed by atoms with Crippen LogP contribution in [-0.4, -0.2) is 46.4 Å². The Kier molecular flexibility index (Phi) is 11.8. The fraction of sp³-hybridized carbons (Fsp3) is 0.682. The van der Waals surface area contributed by atoms with Crippen LogP contribution < -0.4 is 15.4 Å². The second kappa shape index (κ2) is 13.2. The second-order valence-corrected chi connectivity index (χ2v) is 7.67. The number of rotatable bonds is 10. The van der Waals surface area contributed by atoms with E-state index in [1.807, 2.05) is 12.1 Å². The molecule has 0 amide bonds. The van der Waals surface area contributed by atoms with Crippen LogP contribution in [0, 0.1) is 5.41 Å². The van der Waals surface area contributed by atoms with E-state index < -0.39 is 0 Å². The topological polar surface area (TPSA) is 54.9 Å². The third kappa shape index (κ3) is 7.43. The third-order valence-electron chi connectivity index (χ3n) is 5.66. The number of benzene rings is 1. The van der Waals surface area contributed by atoms with Crippen LogP contribution in [0.5, 0.6) is 5.75 Å². The molecule has 1 aromatic carbocycles. The van der Waals surface area contributed by atoms with Crippen LogP contribution in [0.4, 0.5) is 0 Å². The van der Waals surface area contributed by atoms with E-state index >= 15 is 0 Å². The van der Waals surface area contributed by atoms with Crippen LogP contribution in [0.3, 0.4) is 0 Å². The van der Waals surface area contributed by atoms with E-state index in [4.69, 9.17) is 14.5 Å². The van der Waals surface area contributed by atoms with Crippen molar-refractivity contribution < 1.29 is 9.47 Å². The number of halogens is 1. The number of ether oxygens (including phenoxy) is 2. The molecule has 0 heterocycles. The lowest BCUT2D eigenvalue weighted by Crippen LogP contribution is -2.40. The maximum atomic E-state index is 5.50. The van der Waals surface area contributed by atoms with Crippen molar-refractivity contribution in [1.29, 1.82) is 0 Å². The number of methoxy groups -OCH3 is 2. The summed E-state index contributed by atoms with van der Waals surface area (Å²) in [6.45, 7) is 7.69. The zero-order valence-electron chi connectivity index (χ0n) is 17.9. The zero-order valence-corrected chi connectivity index (χ0v) is 20.3. The fourth-order valence-electron chi connectivity index (χ4n) is 3.95. The minimum absolute atomic E-state index is 0. The van der Waals surface area contributed by atoms with Crippen LogP contribution in [0.15, 0.2) is 29.3 Å². The molecule has 0 radical (unpaired) electrons. The van der Waals surface area contributed by atoms with Gasteiger partial charge in [-0.15, -0.1) is 24.0 Å². The van der Waals surface area contributed by atoms with Gasteiger partial charge in [-0.25, -0.2) is 0 Å². The van der Waals surface area contributed by atoms with Crippen LogP contribution in [0.25, 0.3) is 0 Å². The first kappa shape index (κ1) is 25.0. The summed E-state index contributed by atoms with van der Waals surface area (Å²) < 4.78 is 10.8.